The van der Waals surface area contributed by atoms with Gasteiger partial charge in [-0.1, -0.05) is 5.92 Å². The third kappa shape index (κ3) is 6.85. The van der Waals surface area contributed by atoms with Crippen molar-refractivity contribution in [2.75, 3.05) is 51.5 Å². The Morgan fingerprint density at radius 1 is 1.31 bits per heavy atom. The zero-order valence-corrected chi connectivity index (χ0v) is 22.2. The summed E-state index contributed by atoms with van der Waals surface area (Å²) < 4.78 is 61.4. The minimum Gasteiger partial charge on any atom is -0.495 e. The van der Waals surface area contributed by atoms with Gasteiger partial charge >= 0.3 is 5.51 Å². The van der Waals surface area contributed by atoms with Gasteiger partial charge in [-0.3, -0.25) is 9.20 Å². The van der Waals surface area contributed by atoms with Crippen molar-refractivity contribution in [1.29, 1.82) is 0 Å². The van der Waals surface area contributed by atoms with E-state index in [0.717, 1.165) is 0 Å². The minimum absolute atomic E-state index is 0.0577. The van der Waals surface area contributed by atoms with Gasteiger partial charge in [0.05, 0.1) is 37.3 Å². The van der Waals surface area contributed by atoms with Gasteiger partial charge in [-0.25, -0.2) is 14.4 Å². The molecule has 0 aliphatic carbocycles. The summed E-state index contributed by atoms with van der Waals surface area (Å²) in [5.41, 5.74) is -3.23. The lowest BCUT2D eigenvalue weighted by Crippen LogP contribution is -2.46. The number of methoxy groups -OCH3 is 1. The Hall–Kier alpha value is -3.70. The van der Waals surface area contributed by atoms with E-state index in [9.17, 15) is 22.4 Å². The van der Waals surface area contributed by atoms with Gasteiger partial charge in [-0.2, -0.15) is 13.2 Å². The van der Waals surface area contributed by atoms with Crippen molar-refractivity contribution in [1.82, 2.24) is 24.6 Å². The number of likely N-dealkylation sites (tertiary alicyclic amines) is 1. The second-order valence-electron chi connectivity index (χ2n) is 8.78. The van der Waals surface area contributed by atoms with Crippen molar-refractivity contribution in [3.63, 3.8) is 0 Å². The Morgan fingerprint density at radius 2 is 2.10 bits per heavy atom. The van der Waals surface area contributed by atoms with E-state index in [0.29, 0.717) is 35.7 Å². The highest BCUT2D eigenvalue weighted by atomic mass is 32.2. The molecule has 0 unspecified atom stereocenters. The van der Waals surface area contributed by atoms with Crippen LogP contribution in [0.3, 0.4) is 0 Å². The molecule has 3 N–H and O–H groups in total. The van der Waals surface area contributed by atoms with Crippen LogP contribution in [0.1, 0.15) is 22.5 Å². The number of nitrogens with one attached hydrogen (secondary N) is 3. The van der Waals surface area contributed by atoms with E-state index in [1.165, 1.54) is 31.1 Å². The average molecular weight is 566 g/mol. The van der Waals surface area contributed by atoms with Gasteiger partial charge in [0.1, 0.15) is 29.0 Å². The maximum absolute atomic E-state index is 14.6. The van der Waals surface area contributed by atoms with Crippen LogP contribution in [0.25, 0.3) is 5.65 Å². The molecule has 3 aromatic rings. The van der Waals surface area contributed by atoms with Crippen LogP contribution >= 0.6 is 11.8 Å². The molecule has 1 amide bonds. The molecular formula is C25H27F4N7O2S. The topological polar surface area (TPSA) is 95.8 Å². The molecule has 39 heavy (non-hydrogen) atoms. The molecule has 0 spiro atoms. The Bertz CT molecular complexity index is 1400. The molecule has 1 aliphatic heterocycles. The number of hydrogen-bond donors (Lipinski definition) is 3. The minimum atomic E-state index is -4.59. The number of halogens is 4. The van der Waals surface area contributed by atoms with Crippen LogP contribution in [-0.2, 0) is 0 Å². The number of rotatable bonds is 7. The summed E-state index contributed by atoms with van der Waals surface area (Å²) in [5.74, 6) is 5.63. The molecular weight excluding hydrogens is 538 g/mol. The van der Waals surface area contributed by atoms with E-state index in [1.807, 2.05) is 11.9 Å². The van der Waals surface area contributed by atoms with Crippen LogP contribution in [0.5, 0.6) is 5.75 Å². The Balaban J connectivity index is 1.59. The molecule has 2 aromatic heterocycles. The SMILES string of the molecule is CNC(=O)c1ccc(NCC#Cc2nc3c(N[C@@H]4CCN(C)C[C@@H]4F)cncn3c2SC(F)(F)F)c(OC)c1. The van der Waals surface area contributed by atoms with Crippen molar-refractivity contribution in [3.8, 4) is 17.6 Å². The van der Waals surface area contributed by atoms with Gasteiger partial charge in [-0.15, -0.1) is 0 Å². The van der Waals surface area contributed by atoms with Crippen LogP contribution in [0.4, 0.5) is 28.9 Å². The van der Waals surface area contributed by atoms with E-state index in [1.54, 1.807) is 18.2 Å². The maximum Gasteiger partial charge on any atom is 0.447 e. The van der Waals surface area contributed by atoms with Gasteiger partial charge in [0.15, 0.2) is 5.65 Å². The summed E-state index contributed by atoms with van der Waals surface area (Å²) in [6.07, 6.45) is 2.01. The number of alkyl halides is 4. The summed E-state index contributed by atoms with van der Waals surface area (Å²) >= 11 is -0.343. The first-order valence-electron chi connectivity index (χ1n) is 11.9. The molecule has 1 fully saturated rings. The number of amides is 1. The number of anilines is 2. The lowest BCUT2D eigenvalue weighted by atomic mass is 10.0. The second-order valence-corrected chi connectivity index (χ2v) is 9.84. The molecule has 1 aromatic carbocycles. The fourth-order valence-electron chi connectivity index (χ4n) is 4.15. The number of benzene rings is 1. The van der Waals surface area contributed by atoms with Crippen LogP contribution in [0, 0.1) is 11.8 Å². The number of aromatic nitrogens is 3. The van der Waals surface area contributed by atoms with Gasteiger partial charge in [0, 0.05) is 37.5 Å². The molecule has 3 heterocycles. The number of nitrogens with zero attached hydrogens (tertiary/aromatic N) is 4. The Labute approximate surface area is 226 Å². The van der Waals surface area contributed by atoms with E-state index in [2.05, 4.69) is 37.8 Å². The third-order valence-electron chi connectivity index (χ3n) is 6.06. The van der Waals surface area contributed by atoms with Crippen molar-refractivity contribution in [2.45, 2.75) is 29.2 Å². The summed E-state index contributed by atoms with van der Waals surface area (Å²) in [6, 6.07) is 4.28. The van der Waals surface area contributed by atoms with Gasteiger partial charge in [0.2, 0.25) is 0 Å². The zero-order chi connectivity index (χ0) is 28.2. The van der Waals surface area contributed by atoms with Crippen LogP contribution in [-0.4, -0.2) is 83.7 Å². The lowest BCUT2D eigenvalue weighted by Gasteiger charge is -2.33. The third-order valence-corrected chi connectivity index (χ3v) is 6.87. The summed E-state index contributed by atoms with van der Waals surface area (Å²) in [6.45, 7) is 0.990. The van der Waals surface area contributed by atoms with Gasteiger partial charge in [-0.05, 0) is 37.6 Å². The van der Waals surface area contributed by atoms with Crippen LogP contribution < -0.4 is 20.7 Å². The van der Waals surface area contributed by atoms with Gasteiger partial charge in [0.25, 0.3) is 5.91 Å². The summed E-state index contributed by atoms with van der Waals surface area (Å²) in [5, 5.41) is 8.39. The normalized spacial score (nSPS) is 17.8. The molecule has 4 rings (SSSR count). The number of carbonyl (C=O) groups excluding carboxylic acids is 1. The second kappa shape index (κ2) is 12.0. The Kier molecular flexibility index (Phi) is 8.71. The molecule has 208 valence electrons. The van der Waals surface area contributed by atoms with E-state index >= 15 is 0 Å². The van der Waals surface area contributed by atoms with Crippen molar-refractivity contribution in [2.24, 2.45) is 0 Å². The number of piperidine rings is 1. The van der Waals surface area contributed by atoms with E-state index in [-0.39, 0.29) is 47.1 Å². The van der Waals surface area contributed by atoms with Gasteiger partial charge < -0.3 is 25.6 Å². The molecule has 14 heteroatoms. The van der Waals surface area contributed by atoms with Crippen molar-refractivity contribution >= 4 is 34.7 Å². The van der Waals surface area contributed by atoms with Crippen molar-refractivity contribution < 1.29 is 27.1 Å². The first kappa shape index (κ1) is 28.3. The predicted molar refractivity (Wildman–Crippen MR) is 141 cm³/mol. The Morgan fingerprint density at radius 3 is 2.79 bits per heavy atom. The smallest absolute Gasteiger partial charge is 0.447 e. The highest BCUT2D eigenvalue weighted by molar-refractivity contribution is 8.00. The number of hydrogen-bond acceptors (Lipinski definition) is 8. The lowest BCUT2D eigenvalue weighted by molar-refractivity contribution is -0.0330. The largest absolute Gasteiger partial charge is 0.495 e. The van der Waals surface area contributed by atoms with Crippen LogP contribution in [0.15, 0.2) is 35.7 Å². The quantitative estimate of drug-likeness (QED) is 0.227. The number of carbonyl (C=O) groups is 1. The molecule has 9 nitrogen and oxygen atoms in total. The summed E-state index contributed by atoms with van der Waals surface area (Å²) in [7, 11) is 4.80. The number of ether oxygens (including phenoxy) is 1. The van der Waals surface area contributed by atoms with E-state index < -0.39 is 17.7 Å². The molecule has 0 saturated carbocycles. The van der Waals surface area contributed by atoms with E-state index in [4.69, 9.17) is 4.74 Å². The molecule has 0 bridgehead atoms. The first-order chi connectivity index (χ1) is 18.6. The summed E-state index contributed by atoms with van der Waals surface area (Å²) in [4.78, 5) is 22.1. The molecule has 2 atom stereocenters. The average Bonchev–Trinajstić information content (AvgIpc) is 3.24. The fourth-order valence-corrected chi connectivity index (χ4v) is 4.79. The highest BCUT2D eigenvalue weighted by Gasteiger charge is 2.34. The predicted octanol–water partition coefficient (Wildman–Crippen LogP) is 3.63. The monoisotopic (exact) mass is 565 g/mol. The number of fused-ring (bicyclic) bond motifs is 1. The zero-order valence-electron chi connectivity index (χ0n) is 21.4. The standard InChI is InChI=1S/C25H27F4N7O2S/c1-30-23(37)15-6-7-18(21(11-15)38-3)32-9-4-5-19-24(39-25(27,28)29)36-14-31-12-20(22(36)34-19)33-17-8-10-35(2)13-16(17)26/h6-7,11-12,14,16-17,32-33H,8-10,13H2,1-3H3,(H,30,37)/t16-,17+/m0/s1. The number of thioether (sulfide) groups is 1. The van der Waals surface area contributed by atoms with Crippen molar-refractivity contribution in [3.05, 3.63) is 42.0 Å². The van der Waals surface area contributed by atoms with Crippen LogP contribution in [0.2, 0.25) is 0 Å². The molecule has 1 aliphatic rings. The highest BCUT2D eigenvalue weighted by Crippen LogP contribution is 2.39. The molecule has 0 radical (unpaired) electrons. The fraction of sp³-hybridized carbons (Fsp3) is 0.400. The molecule has 1 saturated heterocycles. The maximum atomic E-state index is 14.6. The first-order valence-corrected chi connectivity index (χ1v) is 12.7. The number of imidazole rings is 1.